The highest BCUT2D eigenvalue weighted by Gasteiger charge is 2.20. The summed E-state index contributed by atoms with van der Waals surface area (Å²) in [6, 6.07) is 2.23. The zero-order valence-corrected chi connectivity index (χ0v) is 14.3. The van der Waals surface area contributed by atoms with E-state index in [1.54, 1.807) is 0 Å². The van der Waals surface area contributed by atoms with Crippen LogP contribution in [0.4, 0.5) is 8.78 Å². The molecule has 23 heavy (non-hydrogen) atoms. The topological polar surface area (TPSA) is 56.2 Å². The maximum absolute atomic E-state index is 13.6. The molecule has 5 nitrogen and oxygen atoms in total. The lowest BCUT2D eigenvalue weighted by atomic mass is 10.2. The van der Waals surface area contributed by atoms with E-state index in [2.05, 4.69) is 25.7 Å². The number of hydrogen-bond donors (Lipinski definition) is 2. The van der Waals surface area contributed by atoms with Crippen LogP contribution in [0.15, 0.2) is 16.6 Å². The number of rotatable bonds is 7. The minimum absolute atomic E-state index is 0.140. The summed E-state index contributed by atoms with van der Waals surface area (Å²) in [5.41, 5.74) is 0. The Morgan fingerprint density at radius 3 is 2.26 bits per heavy atom. The second-order valence-corrected chi connectivity index (χ2v) is 6.44. The van der Waals surface area contributed by atoms with Crippen molar-refractivity contribution in [2.24, 2.45) is 0 Å². The summed E-state index contributed by atoms with van der Waals surface area (Å²) >= 11 is 3.00. The van der Waals surface area contributed by atoms with Gasteiger partial charge < -0.3 is 14.9 Å². The quantitative estimate of drug-likeness (QED) is 0.724. The lowest BCUT2D eigenvalue weighted by Crippen LogP contribution is -2.49. The van der Waals surface area contributed by atoms with Crippen molar-refractivity contribution in [1.29, 1.82) is 0 Å². The van der Waals surface area contributed by atoms with Crippen LogP contribution in [0, 0.1) is 11.6 Å². The van der Waals surface area contributed by atoms with Gasteiger partial charge in [-0.15, -0.1) is 0 Å². The predicted octanol–water partition coefficient (Wildman–Crippen LogP) is 1.08. The summed E-state index contributed by atoms with van der Waals surface area (Å²) in [5.74, 6) is -2.08. The Morgan fingerprint density at radius 2 is 1.70 bits per heavy atom. The Bertz CT molecular complexity index is 490. The average molecular weight is 395 g/mol. The first-order valence-electron chi connectivity index (χ1n) is 7.50. The van der Waals surface area contributed by atoms with Crippen molar-refractivity contribution in [3.05, 3.63) is 28.2 Å². The number of piperazine rings is 1. The Morgan fingerprint density at radius 1 is 1.13 bits per heavy atom. The highest BCUT2D eigenvalue weighted by molar-refractivity contribution is 9.10. The number of aliphatic hydroxyl groups is 2. The van der Waals surface area contributed by atoms with E-state index in [-0.39, 0.29) is 13.2 Å². The smallest absolute Gasteiger partial charge is 0.190 e. The van der Waals surface area contributed by atoms with E-state index in [0.29, 0.717) is 17.6 Å². The van der Waals surface area contributed by atoms with Gasteiger partial charge in [0.15, 0.2) is 17.4 Å². The number of ether oxygens (including phenoxy) is 1. The van der Waals surface area contributed by atoms with Crippen LogP contribution in [0.3, 0.4) is 0 Å². The van der Waals surface area contributed by atoms with E-state index < -0.39 is 23.5 Å². The predicted molar refractivity (Wildman–Crippen MR) is 85.5 cm³/mol. The van der Waals surface area contributed by atoms with Crippen molar-refractivity contribution in [3.63, 3.8) is 0 Å². The molecule has 0 spiro atoms. The summed E-state index contributed by atoms with van der Waals surface area (Å²) in [4.78, 5) is 4.21. The normalized spacial score (nSPS) is 18.1. The first-order valence-corrected chi connectivity index (χ1v) is 8.30. The van der Waals surface area contributed by atoms with Gasteiger partial charge in [-0.05, 0) is 12.1 Å². The number of hydrogen-bond acceptors (Lipinski definition) is 5. The molecule has 0 radical (unpaired) electrons. The zero-order valence-electron chi connectivity index (χ0n) is 12.7. The molecule has 8 heteroatoms. The molecule has 0 amide bonds. The molecule has 2 N–H and O–H groups in total. The maximum atomic E-state index is 13.6. The van der Waals surface area contributed by atoms with Crippen LogP contribution in [0.25, 0.3) is 0 Å². The molecule has 1 fully saturated rings. The van der Waals surface area contributed by atoms with Gasteiger partial charge in [0, 0.05) is 43.7 Å². The highest BCUT2D eigenvalue weighted by atomic mass is 79.9. The lowest BCUT2D eigenvalue weighted by Gasteiger charge is -2.35. The van der Waals surface area contributed by atoms with Gasteiger partial charge in [0.2, 0.25) is 0 Å². The first-order chi connectivity index (χ1) is 11.0. The van der Waals surface area contributed by atoms with Crippen LogP contribution in [0.1, 0.15) is 0 Å². The van der Waals surface area contributed by atoms with Gasteiger partial charge in [0.1, 0.15) is 12.7 Å². The lowest BCUT2D eigenvalue weighted by molar-refractivity contribution is 0.0411. The third kappa shape index (κ3) is 5.65. The molecule has 130 valence electrons. The molecule has 1 saturated heterocycles. The molecule has 0 bridgehead atoms. The fraction of sp³-hybridized carbons (Fsp3) is 0.600. The molecule has 1 aromatic carbocycles. The number of halogens is 3. The fourth-order valence-electron chi connectivity index (χ4n) is 2.53. The number of benzene rings is 1. The zero-order chi connectivity index (χ0) is 16.8. The Hall–Kier alpha value is -0.800. The van der Waals surface area contributed by atoms with Crippen LogP contribution in [0.5, 0.6) is 5.75 Å². The van der Waals surface area contributed by atoms with E-state index in [0.717, 1.165) is 38.3 Å². The van der Waals surface area contributed by atoms with Crippen LogP contribution in [-0.2, 0) is 0 Å². The third-order valence-corrected chi connectivity index (χ3v) is 4.19. The van der Waals surface area contributed by atoms with Crippen LogP contribution < -0.4 is 4.74 Å². The standard InChI is InChI=1S/C15H21BrF2N2O3/c16-11-7-13(17)15(14(18)8-11)23-10-12(22)9-20-3-1-19(2-4-20)5-6-21/h7-8,12,21-22H,1-6,9-10H2/t12-/m1/s1. The molecule has 1 atom stereocenters. The minimum atomic E-state index is -0.832. The fourth-order valence-corrected chi connectivity index (χ4v) is 2.94. The molecule has 0 unspecified atom stereocenters. The van der Waals surface area contributed by atoms with E-state index in [9.17, 15) is 13.9 Å². The third-order valence-electron chi connectivity index (χ3n) is 3.73. The van der Waals surface area contributed by atoms with Crippen LogP contribution in [0.2, 0.25) is 0 Å². The summed E-state index contributed by atoms with van der Waals surface area (Å²) < 4.78 is 32.6. The molecule has 0 aliphatic carbocycles. The van der Waals surface area contributed by atoms with Crippen molar-refractivity contribution < 1.29 is 23.7 Å². The van der Waals surface area contributed by atoms with Crippen LogP contribution >= 0.6 is 15.9 Å². The summed E-state index contributed by atoms with van der Waals surface area (Å²) in [6.07, 6.45) is -0.832. The van der Waals surface area contributed by atoms with Crippen molar-refractivity contribution >= 4 is 15.9 Å². The Kier molecular flexibility index (Phi) is 7.16. The van der Waals surface area contributed by atoms with Gasteiger partial charge in [-0.1, -0.05) is 15.9 Å². The van der Waals surface area contributed by atoms with Gasteiger partial charge in [-0.2, -0.15) is 0 Å². The summed E-state index contributed by atoms with van der Waals surface area (Å²) in [7, 11) is 0. The largest absolute Gasteiger partial charge is 0.485 e. The molecule has 0 aromatic heterocycles. The number of aliphatic hydroxyl groups excluding tert-OH is 2. The van der Waals surface area contributed by atoms with Gasteiger partial charge >= 0.3 is 0 Å². The van der Waals surface area contributed by atoms with Crippen molar-refractivity contribution in [1.82, 2.24) is 9.80 Å². The molecule has 0 saturated carbocycles. The van der Waals surface area contributed by atoms with Crippen molar-refractivity contribution in [3.8, 4) is 5.75 Å². The van der Waals surface area contributed by atoms with E-state index in [1.807, 2.05) is 0 Å². The highest BCUT2D eigenvalue weighted by Crippen LogP contribution is 2.26. The molecular weight excluding hydrogens is 374 g/mol. The SMILES string of the molecule is OCCN1CCN(C[C@@H](O)COc2c(F)cc(Br)cc2F)CC1. The van der Waals surface area contributed by atoms with Crippen molar-refractivity contribution in [2.45, 2.75) is 6.10 Å². The minimum Gasteiger partial charge on any atom is -0.485 e. The summed E-state index contributed by atoms with van der Waals surface area (Å²) in [5, 5.41) is 18.9. The molecule has 1 aliphatic heterocycles. The van der Waals surface area contributed by atoms with Gasteiger partial charge in [-0.3, -0.25) is 9.80 Å². The molecule has 1 heterocycles. The molecular formula is C15H21BrF2N2O3. The Balaban J connectivity index is 1.77. The number of nitrogens with zero attached hydrogens (tertiary/aromatic N) is 2. The average Bonchev–Trinajstić information content (AvgIpc) is 2.48. The second kappa shape index (κ2) is 8.89. The number of β-amino-alcohol motifs (C(OH)–C–C–N with tert-alkyl or cyclic N) is 2. The van der Waals surface area contributed by atoms with Gasteiger partial charge in [-0.25, -0.2) is 8.78 Å². The summed E-state index contributed by atoms with van der Waals surface area (Å²) in [6.45, 7) is 4.20. The van der Waals surface area contributed by atoms with E-state index >= 15 is 0 Å². The molecule has 1 aromatic rings. The Labute approximate surface area is 142 Å². The van der Waals surface area contributed by atoms with E-state index in [4.69, 9.17) is 9.84 Å². The van der Waals surface area contributed by atoms with Gasteiger partial charge in [0.05, 0.1) is 6.61 Å². The van der Waals surface area contributed by atoms with Crippen LogP contribution in [-0.4, -0.2) is 78.6 Å². The molecule has 1 aliphatic rings. The first kappa shape index (κ1) is 18.5. The molecule has 2 rings (SSSR count). The second-order valence-electron chi connectivity index (χ2n) is 5.53. The van der Waals surface area contributed by atoms with E-state index in [1.165, 1.54) is 0 Å². The maximum Gasteiger partial charge on any atom is 0.190 e. The van der Waals surface area contributed by atoms with Gasteiger partial charge in [0.25, 0.3) is 0 Å². The van der Waals surface area contributed by atoms with Crippen molar-refractivity contribution in [2.75, 3.05) is 52.5 Å². The monoisotopic (exact) mass is 394 g/mol.